The SMILES string of the molecule is Cc1c2c(c3ccccc3c1Br)C(C)(C)c1ccccc1-2. The van der Waals surface area contributed by atoms with Crippen molar-refractivity contribution >= 4 is 26.7 Å². The van der Waals surface area contributed by atoms with E-state index in [1.165, 1.54) is 43.1 Å². The average molecular weight is 337 g/mol. The van der Waals surface area contributed by atoms with E-state index in [9.17, 15) is 0 Å². The van der Waals surface area contributed by atoms with E-state index >= 15 is 0 Å². The number of hydrogen-bond acceptors (Lipinski definition) is 0. The van der Waals surface area contributed by atoms with Gasteiger partial charge in [-0.3, -0.25) is 0 Å². The van der Waals surface area contributed by atoms with E-state index < -0.39 is 0 Å². The van der Waals surface area contributed by atoms with Gasteiger partial charge in [-0.25, -0.2) is 0 Å². The van der Waals surface area contributed by atoms with Crippen LogP contribution in [0.4, 0.5) is 0 Å². The molecule has 3 aromatic carbocycles. The Labute approximate surface area is 133 Å². The lowest BCUT2D eigenvalue weighted by atomic mass is 9.80. The molecule has 0 amide bonds. The summed E-state index contributed by atoms with van der Waals surface area (Å²) < 4.78 is 1.23. The molecule has 0 nitrogen and oxygen atoms in total. The molecule has 0 saturated heterocycles. The third-order valence-electron chi connectivity index (χ3n) is 4.88. The molecule has 0 radical (unpaired) electrons. The number of rotatable bonds is 0. The molecule has 0 bridgehead atoms. The number of benzene rings is 3. The fourth-order valence-corrected chi connectivity index (χ4v) is 4.44. The largest absolute Gasteiger partial charge is 0.0619 e. The minimum absolute atomic E-state index is 0.0526. The van der Waals surface area contributed by atoms with E-state index in [0.717, 1.165) is 0 Å². The molecule has 0 fully saturated rings. The van der Waals surface area contributed by atoms with Crippen molar-refractivity contribution in [1.29, 1.82) is 0 Å². The Balaban J connectivity index is 2.29. The highest BCUT2D eigenvalue weighted by atomic mass is 79.9. The molecule has 1 aliphatic rings. The van der Waals surface area contributed by atoms with Gasteiger partial charge < -0.3 is 0 Å². The van der Waals surface area contributed by atoms with Crippen molar-refractivity contribution in [1.82, 2.24) is 0 Å². The fraction of sp³-hybridized carbons (Fsp3) is 0.200. The maximum atomic E-state index is 3.82. The molecule has 0 N–H and O–H groups in total. The van der Waals surface area contributed by atoms with Gasteiger partial charge in [0.2, 0.25) is 0 Å². The van der Waals surface area contributed by atoms with Crippen molar-refractivity contribution in [3.8, 4) is 11.1 Å². The zero-order chi connectivity index (χ0) is 14.8. The predicted molar refractivity (Wildman–Crippen MR) is 93.9 cm³/mol. The summed E-state index contributed by atoms with van der Waals surface area (Å²) in [4.78, 5) is 0. The lowest BCUT2D eigenvalue weighted by Gasteiger charge is -2.24. The minimum atomic E-state index is 0.0526. The maximum absolute atomic E-state index is 3.82. The van der Waals surface area contributed by atoms with Crippen molar-refractivity contribution in [3.05, 3.63) is 69.7 Å². The first-order valence-electron chi connectivity index (χ1n) is 7.34. The summed E-state index contributed by atoms with van der Waals surface area (Å²) in [7, 11) is 0. The molecule has 21 heavy (non-hydrogen) atoms. The summed E-state index contributed by atoms with van der Waals surface area (Å²) in [6.07, 6.45) is 0. The molecule has 3 aromatic rings. The Morgan fingerprint density at radius 1 is 0.857 bits per heavy atom. The molecule has 0 spiro atoms. The molecular weight excluding hydrogens is 320 g/mol. The second-order valence-corrected chi connectivity index (χ2v) is 7.20. The third kappa shape index (κ3) is 1.56. The molecule has 0 heterocycles. The minimum Gasteiger partial charge on any atom is -0.0619 e. The molecule has 0 saturated carbocycles. The van der Waals surface area contributed by atoms with E-state index in [4.69, 9.17) is 0 Å². The second-order valence-electron chi connectivity index (χ2n) is 6.41. The van der Waals surface area contributed by atoms with Crippen LogP contribution in [-0.2, 0) is 5.41 Å². The highest BCUT2D eigenvalue weighted by Crippen LogP contribution is 2.54. The first-order valence-corrected chi connectivity index (χ1v) is 8.14. The molecule has 1 aliphatic carbocycles. The van der Waals surface area contributed by atoms with Gasteiger partial charge in [-0.15, -0.1) is 0 Å². The van der Waals surface area contributed by atoms with Crippen LogP contribution in [0.2, 0.25) is 0 Å². The van der Waals surface area contributed by atoms with Gasteiger partial charge in [-0.05, 0) is 61.4 Å². The van der Waals surface area contributed by atoms with Crippen LogP contribution < -0.4 is 0 Å². The van der Waals surface area contributed by atoms with Crippen molar-refractivity contribution < 1.29 is 0 Å². The Bertz CT molecular complexity index is 888. The first kappa shape index (κ1) is 13.1. The highest BCUT2D eigenvalue weighted by Gasteiger charge is 2.38. The molecule has 0 aromatic heterocycles. The molecule has 0 unspecified atom stereocenters. The number of fused-ring (bicyclic) bond motifs is 5. The topological polar surface area (TPSA) is 0 Å². The Kier molecular flexibility index (Phi) is 2.62. The summed E-state index contributed by atoms with van der Waals surface area (Å²) in [5.41, 5.74) is 7.12. The quantitative estimate of drug-likeness (QED) is 0.457. The monoisotopic (exact) mass is 336 g/mol. The van der Waals surface area contributed by atoms with Crippen molar-refractivity contribution in [2.45, 2.75) is 26.2 Å². The second kappa shape index (κ2) is 4.20. The van der Waals surface area contributed by atoms with Gasteiger partial charge in [0, 0.05) is 9.89 Å². The molecular formula is C20H17Br. The number of hydrogen-bond donors (Lipinski definition) is 0. The molecule has 0 atom stereocenters. The predicted octanol–water partition coefficient (Wildman–Crippen LogP) is 6.22. The van der Waals surface area contributed by atoms with Gasteiger partial charge in [0.05, 0.1) is 0 Å². The van der Waals surface area contributed by atoms with E-state index in [1.54, 1.807) is 0 Å². The van der Waals surface area contributed by atoms with Gasteiger partial charge in [-0.2, -0.15) is 0 Å². The summed E-state index contributed by atoms with van der Waals surface area (Å²) in [5.74, 6) is 0. The van der Waals surface area contributed by atoms with Gasteiger partial charge in [0.25, 0.3) is 0 Å². The van der Waals surface area contributed by atoms with Crippen LogP contribution in [0.5, 0.6) is 0 Å². The average Bonchev–Trinajstić information content (AvgIpc) is 2.74. The maximum Gasteiger partial charge on any atom is 0.0289 e. The first-order chi connectivity index (χ1) is 10.0. The van der Waals surface area contributed by atoms with Crippen LogP contribution in [0.25, 0.3) is 21.9 Å². The summed E-state index contributed by atoms with van der Waals surface area (Å²) in [6.45, 7) is 6.92. The fourth-order valence-electron chi connectivity index (χ4n) is 3.89. The zero-order valence-electron chi connectivity index (χ0n) is 12.5. The number of halogens is 1. The molecule has 0 aliphatic heterocycles. The van der Waals surface area contributed by atoms with Gasteiger partial charge in [0.15, 0.2) is 0 Å². The smallest absolute Gasteiger partial charge is 0.0289 e. The van der Waals surface area contributed by atoms with Crippen molar-refractivity contribution in [2.24, 2.45) is 0 Å². The van der Waals surface area contributed by atoms with Crippen LogP contribution in [0, 0.1) is 6.92 Å². The van der Waals surface area contributed by atoms with Gasteiger partial charge >= 0.3 is 0 Å². The molecule has 4 rings (SSSR count). The summed E-state index contributed by atoms with van der Waals surface area (Å²) in [5, 5.41) is 2.68. The molecule has 1 heteroatoms. The Hall–Kier alpha value is -1.60. The van der Waals surface area contributed by atoms with Crippen LogP contribution >= 0.6 is 15.9 Å². The summed E-state index contributed by atoms with van der Waals surface area (Å²) in [6, 6.07) is 17.6. The lowest BCUT2D eigenvalue weighted by molar-refractivity contribution is 0.666. The van der Waals surface area contributed by atoms with Crippen molar-refractivity contribution in [2.75, 3.05) is 0 Å². The van der Waals surface area contributed by atoms with Gasteiger partial charge in [0.1, 0.15) is 0 Å². The summed E-state index contributed by atoms with van der Waals surface area (Å²) >= 11 is 3.82. The standard InChI is InChI=1S/C20H17Br/c1-12-17-15-10-6-7-11-16(15)20(2,3)18(17)13-8-4-5-9-14(13)19(12)21/h4-11H,1-3H3. The van der Waals surface area contributed by atoms with E-state index in [1.807, 2.05) is 0 Å². The van der Waals surface area contributed by atoms with Crippen LogP contribution in [0.3, 0.4) is 0 Å². The van der Waals surface area contributed by atoms with Gasteiger partial charge in [-0.1, -0.05) is 62.4 Å². The zero-order valence-corrected chi connectivity index (χ0v) is 14.1. The van der Waals surface area contributed by atoms with E-state index in [2.05, 4.69) is 85.2 Å². The van der Waals surface area contributed by atoms with Crippen LogP contribution in [0.1, 0.15) is 30.5 Å². The Morgan fingerprint density at radius 2 is 1.48 bits per heavy atom. The Morgan fingerprint density at radius 3 is 2.24 bits per heavy atom. The highest BCUT2D eigenvalue weighted by molar-refractivity contribution is 9.10. The van der Waals surface area contributed by atoms with E-state index in [-0.39, 0.29) is 5.41 Å². The van der Waals surface area contributed by atoms with E-state index in [0.29, 0.717) is 0 Å². The van der Waals surface area contributed by atoms with Crippen LogP contribution in [0.15, 0.2) is 53.0 Å². The lowest BCUT2D eigenvalue weighted by Crippen LogP contribution is -2.15. The normalized spacial score (nSPS) is 15.0. The van der Waals surface area contributed by atoms with Crippen molar-refractivity contribution in [3.63, 3.8) is 0 Å². The molecule has 104 valence electrons. The van der Waals surface area contributed by atoms with Crippen LogP contribution in [-0.4, -0.2) is 0 Å². The third-order valence-corrected chi connectivity index (χ3v) is 5.90.